The van der Waals surface area contributed by atoms with E-state index >= 15 is 0 Å². The van der Waals surface area contributed by atoms with Crippen LogP contribution in [0.1, 0.15) is 34.5 Å². The first kappa shape index (κ1) is 23.6. The van der Waals surface area contributed by atoms with Gasteiger partial charge in [0, 0.05) is 31.8 Å². The smallest absolute Gasteiger partial charge is 0.152 e. The maximum Gasteiger partial charge on any atom is 0.152 e. The summed E-state index contributed by atoms with van der Waals surface area (Å²) in [6, 6.07) is 11.9. The molecule has 0 aliphatic rings. The fraction of sp³-hybridized carbons (Fsp3) is 0.200. The van der Waals surface area contributed by atoms with Gasteiger partial charge in [0.1, 0.15) is 29.4 Å². The van der Waals surface area contributed by atoms with Crippen LogP contribution in [0.25, 0.3) is 16.8 Å². The molecule has 0 aliphatic carbocycles. The molecular weight excluding hydrogens is 423 g/mol. The summed E-state index contributed by atoms with van der Waals surface area (Å²) in [6.45, 7) is 0.627. The minimum atomic E-state index is -0.662. The molecule has 2 N–H and O–H groups in total. The Kier molecular flexibility index (Phi) is 7.86. The summed E-state index contributed by atoms with van der Waals surface area (Å²) in [5, 5.41) is 0. The van der Waals surface area contributed by atoms with Gasteiger partial charge in [-0.2, -0.15) is 0 Å². The van der Waals surface area contributed by atoms with Crippen molar-refractivity contribution in [1.82, 2.24) is 14.9 Å². The summed E-state index contributed by atoms with van der Waals surface area (Å²) in [5.74, 6) is 0.259. The van der Waals surface area contributed by atoms with Crippen molar-refractivity contribution in [2.45, 2.75) is 19.4 Å². The number of carbonyl (C=O) groups excluding carboxylic acids is 2. The lowest BCUT2D eigenvalue weighted by molar-refractivity contribution is -0.107. The molecule has 1 heterocycles. The topological polar surface area (TPSA) is 98.4 Å². The summed E-state index contributed by atoms with van der Waals surface area (Å²) >= 11 is 0. The lowest BCUT2D eigenvalue weighted by atomic mass is 10.1. The molecule has 0 saturated carbocycles. The van der Waals surface area contributed by atoms with Crippen molar-refractivity contribution in [2.24, 2.45) is 0 Å². The molecule has 1 aromatic heterocycles. The van der Waals surface area contributed by atoms with Gasteiger partial charge in [-0.3, -0.25) is 4.79 Å². The third-order valence-corrected chi connectivity index (χ3v) is 5.03. The van der Waals surface area contributed by atoms with E-state index in [0.29, 0.717) is 42.6 Å². The monoisotopic (exact) mass is 448 g/mol. The number of carbonyl (C=O) groups is 2. The van der Waals surface area contributed by atoms with Crippen molar-refractivity contribution in [3.63, 3.8) is 0 Å². The van der Waals surface area contributed by atoms with E-state index in [-0.39, 0.29) is 11.4 Å². The summed E-state index contributed by atoms with van der Waals surface area (Å²) < 4.78 is 19.3. The van der Waals surface area contributed by atoms with Gasteiger partial charge in [0.25, 0.3) is 0 Å². The largest absolute Gasteiger partial charge is 0.497 e. The molecule has 3 rings (SSSR count). The Morgan fingerprint density at radius 2 is 1.94 bits per heavy atom. The first-order valence-corrected chi connectivity index (χ1v) is 10.3. The zero-order valence-electron chi connectivity index (χ0n) is 18.5. The van der Waals surface area contributed by atoms with Crippen LogP contribution in [0.2, 0.25) is 0 Å². The molecule has 33 heavy (non-hydrogen) atoms. The van der Waals surface area contributed by atoms with E-state index in [0.717, 1.165) is 23.2 Å². The summed E-state index contributed by atoms with van der Waals surface area (Å²) in [7, 11) is 3.54. The number of rotatable bonds is 10. The van der Waals surface area contributed by atoms with Crippen molar-refractivity contribution in [1.29, 1.82) is 0 Å². The van der Waals surface area contributed by atoms with Crippen LogP contribution >= 0.6 is 0 Å². The average molecular weight is 448 g/mol. The molecule has 2 aromatic carbocycles. The van der Waals surface area contributed by atoms with Crippen LogP contribution < -0.4 is 10.5 Å². The quantitative estimate of drug-likeness (QED) is 0.466. The number of benzene rings is 2. The lowest BCUT2D eigenvalue weighted by Gasteiger charge is -2.18. The van der Waals surface area contributed by atoms with Gasteiger partial charge in [0.15, 0.2) is 6.29 Å². The fourth-order valence-corrected chi connectivity index (χ4v) is 3.34. The van der Waals surface area contributed by atoms with Gasteiger partial charge in [-0.1, -0.05) is 18.2 Å². The number of hydrogen-bond donors (Lipinski definition) is 1. The number of anilines is 1. The van der Waals surface area contributed by atoms with E-state index in [1.165, 1.54) is 18.3 Å². The Balaban J connectivity index is 1.92. The third kappa shape index (κ3) is 6.00. The number of halogens is 1. The zero-order valence-corrected chi connectivity index (χ0v) is 18.5. The molecule has 170 valence electrons. The van der Waals surface area contributed by atoms with Crippen LogP contribution in [0, 0.1) is 5.82 Å². The van der Waals surface area contributed by atoms with E-state index in [2.05, 4.69) is 9.97 Å². The van der Waals surface area contributed by atoms with Crippen LogP contribution in [-0.4, -0.2) is 41.6 Å². The number of hydrogen-bond acceptors (Lipinski definition) is 7. The van der Waals surface area contributed by atoms with Gasteiger partial charge in [-0.15, -0.1) is 0 Å². The molecule has 0 radical (unpaired) electrons. The highest BCUT2D eigenvalue weighted by atomic mass is 19.1. The van der Waals surface area contributed by atoms with Crippen molar-refractivity contribution in [2.75, 3.05) is 19.9 Å². The van der Waals surface area contributed by atoms with Gasteiger partial charge in [-0.25, -0.2) is 14.4 Å². The number of methoxy groups -OCH3 is 1. The Morgan fingerprint density at radius 1 is 1.18 bits per heavy atom. The SMILES string of the molecule is COc1ccc(CN(C)/C=C(\CCC=O)c2cnc(N)c(-c3ccc(C=O)c(F)c3)n2)cc1. The van der Waals surface area contributed by atoms with Gasteiger partial charge in [-0.05, 0) is 41.8 Å². The molecule has 0 unspecified atom stereocenters. The van der Waals surface area contributed by atoms with Crippen molar-refractivity contribution < 1.29 is 18.7 Å². The van der Waals surface area contributed by atoms with E-state index in [4.69, 9.17) is 10.5 Å². The number of ether oxygens (including phenoxy) is 1. The number of allylic oxidation sites excluding steroid dienone is 1. The normalized spacial score (nSPS) is 11.2. The van der Waals surface area contributed by atoms with Crippen molar-refractivity contribution >= 4 is 24.0 Å². The van der Waals surface area contributed by atoms with Crippen LogP contribution in [0.5, 0.6) is 5.75 Å². The summed E-state index contributed by atoms with van der Waals surface area (Å²) in [5.41, 5.74) is 9.07. The number of nitrogens with two attached hydrogens (primary N) is 1. The van der Waals surface area contributed by atoms with Crippen LogP contribution in [0.15, 0.2) is 54.9 Å². The first-order chi connectivity index (χ1) is 15.9. The Hall–Kier alpha value is -4.07. The third-order valence-electron chi connectivity index (χ3n) is 5.03. The second-order valence-electron chi connectivity index (χ2n) is 7.47. The molecule has 0 bridgehead atoms. The molecule has 0 atom stereocenters. The second-order valence-corrected chi connectivity index (χ2v) is 7.47. The Morgan fingerprint density at radius 3 is 2.58 bits per heavy atom. The Bertz CT molecular complexity index is 1160. The summed E-state index contributed by atoms with van der Waals surface area (Å²) in [6.07, 6.45) is 5.50. The summed E-state index contributed by atoms with van der Waals surface area (Å²) in [4.78, 5) is 32.8. The lowest BCUT2D eigenvalue weighted by Crippen LogP contribution is -2.12. The molecule has 8 heteroatoms. The maximum atomic E-state index is 14.1. The highest BCUT2D eigenvalue weighted by Gasteiger charge is 2.13. The standard InChI is InChI=1S/C25H25FN4O3/c1-30(14-17-5-9-21(33-2)10-6-17)15-19(4-3-11-31)23-13-28-25(27)24(29-23)18-7-8-20(16-32)22(26)12-18/h5-13,15-16H,3-4,14H2,1-2H3,(H2,27,28)/b19-15+. The predicted molar refractivity (Wildman–Crippen MR) is 125 cm³/mol. The zero-order chi connectivity index (χ0) is 23.8. The average Bonchev–Trinajstić information content (AvgIpc) is 2.82. The highest BCUT2D eigenvalue weighted by molar-refractivity contribution is 5.79. The van der Waals surface area contributed by atoms with E-state index in [1.807, 2.05) is 42.4 Å². The molecule has 0 aliphatic heterocycles. The predicted octanol–water partition coefficient (Wildman–Crippen LogP) is 4.14. The minimum Gasteiger partial charge on any atom is -0.497 e. The maximum absolute atomic E-state index is 14.1. The van der Waals surface area contributed by atoms with Gasteiger partial charge in [0.2, 0.25) is 0 Å². The van der Waals surface area contributed by atoms with Gasteiger partial charge < -0.3 is 20.2 Å². The minimum absolute atomic E-state index is 0.0480. The number of aromatic nitrogens is 2. The van der Waals surface area contributed by atoms with Crippen molar-refractivity contribution in [3.8, 4) is 17.0 Å². The number of nitrogens with zero attached hydrogens (tertiary/aromatic N) is 3. The van der Waals surface area contributed by atoms with Crippen LogP contribution in [0.3, 0.4) is 0 Å². The van der Waals surface area contributed by atoms with E-state index in [9.17, 15) is 14.0 Å². The van der Waals surface area contributed by atoms with Crippen LogP contribution in [-0.2, 0) is 11.3 Å². The molecular formula is C25H25FN4O3. The molecule has 0 fully saturated rings. The fourth-order valence-electron chi connectivity index (χ4n) is 3.34. The van der Waals surface area contributed by atoms with Gasteiger partial charge >= 0.3 is 0 Å². The van der Waals surface area contributed by atoms with Gasteiger partial charge in [0.05, 0.1) is 24.6 Å². The van der Waals surface area contributed by atoms with Crippen LogP contribution in [0.4, 0.5) is 10.2 Å². The number of aldehydes is 2. The highest BCUT2D eigenvalue weighted by Crippen LogP contribution is 2.27. The first-order valence-electron chi connectivity index (χ1n) is 10.3. The molecule has 0 amide bonds. The molecule has 0 spiro atoms. The second kappa shape index (κ2) is 11.0. The molecule has 7 nitrogen and oxygen atoms in total. The molecule has 0 saturated heterocycles. The Labute approximate surface area is 191 Å². The van der Waals surface area contributed by atoms with E-state index in [1.54, 1.807) is 13.2 Å². The van der Waals surface area contributed by atoms with E-state index < -0.39 is 5.82 Å². The number of nitrogen functional groups attached to an aromatic ring is 1. The molecule has 3 aromatic rings. The van der Waals surface area contributed by atoms with Crippen molar-refractivity contribution in [3.05, 3.63) is 77.5 Å².